The molecule has 5 heteroatoms. The Hall–Kier alpha value is -1.40. The second kappa shape index (κ2) is 6.15. The van der Waals surface area contributed by atoms with Gasteiger partial charge in [0.25, 0.3) is 0 Å². The maximum atomic E-state index is 6.26. The first kappa shape index (κ1) is 14.5. The van der Waals surface area contributed by atoms with Gasteiger partial charge < -0.3 is 0 Å². The molecule has 0 saturated carbocycles. The lowest BCUT2D eigenvalue weighted by Crippen LogP contribution is -2.01. The number of rotatable bonds is 3. The standard InChI is InChI=1S/C16H13ClIN3/c1-11-2-3-13(15(17)8-11)9-21-10-19-16(20-21)12-4-6-14(18)7-5-12/h2-8,10H,9H2,1H3. The van der Waals surface area contributed by atoms with E-state index in [0.717, 1.165) is 27.5 Å². The fraction of sp³-hybridized carbons (Fsp3) is 0.125. The van der Waals surface area contributed by atoms with E-state index < -0.39 is 0 Å². The van der Waals surface area contributed by atoms with Crippen LogP contribution in [-0.4, -0.2) is 14.8 Å². The van der Waals surface area contributed by atoms with Crippen LogP contribution in [0.3, 0.4) is 0 Å². The van der Waals surface area contributed by atoms with E-state index in [0.29, 0.717) is 6.54 Å². The Morgan fingerprint density at radius 3 is 2.62 bits per heavy atom. The molecule has 1 aromatic heterocycles. The molecular formula is C16H13ClIN3. The molecule has 0 aliphatic carbocycles. The molecule has 106 valence electrons. The minimum atomic E-state index is 0.622. The lowest BCUT2D eigenvalue weighted by Gasteiger charge is -2.05. The molecule has 0 unspecified atom stereocenters. The van der Waals surface area contributed by atoms with Crippen LogP contribution in [-0.2, 0) is 6.54 Å². The van der Waals surface area contributed by atoms with Gasteiger partial charge in [-0.05, 0) is 58.8 Å². The molecule has 3 rings (SSSR count). The van der Waals surface area contributed by atoms with Crippen molar-refractivity contribution in [1.82, 2.24) is 14.8 Å². The van der Waals surface area contributed by atoms with E-state index in [2.05, 4.69) is 38.7 Å². The van der Waals surface area contributed by atoms with Gasteiger partial charge in [-0.3, -0.25) is 0 Å². The number of benzene rings is 2. The molecule has 0 N–H and O–H groups in total. The predicted molar refractivity (Wildman–Crippen MR) is 93.5 cm³/mol. The van der Waals surface area contributed by atoms with Gasteiger partial charge in [-0.1, -0.05) is 35.9 Å². The van der Waals surface area contributed by atoms with Gasteiger partial charge in [0.05, 0.1) is 6.54 Å². The van der Waals surface area contributed by atoms with Gasteiger partial charge in [0.2, 0.25) is 0 Å². The molecule has 0 spiro atoms. The smallest absolute Gasteiger partial charge is 0.181 e. The van der Waals surface area contributed by atoms with E-state index in [1.807, 2.05) is 48.0 Å². The van der Waals surface area contributed by atoms with Crippen molar-refractivity contribution in [3.8, 4) is 11.4 Å². The third-order valence-corrected chi connectivity index (χ3v) is 4.25. The van der Waals surface area contributed by atoms with Crippen LogP contribution in [0.1, 0.15) is 11.1 Å². The fourth-order valence-electron chi connectivity index (χ4n) is 2.06. The molecule has 0 radical (unpaired) electrons. The summed E-state index contributed by atoms with van der Waals surface area (Å²) >= 11 is 8.54. The monoisotopic (exact) mass is 409 g/mol. The summed E-state index contributed by atoms with van der Waals surface area (Å²) in [5, 5.41) is 5.28. The summed E-state index contributed by atoms with van der Waals surface area (Å²) in [6.07, 6.45) is 1.74. The predicted octanol–water partition coefficient (Wildman–Crippen LogP) is 4.56. The van der Waals surface area contributed by atoms with E-state index in [9.17, 15) is 0 Å². The van der Waals surface area contributed by atoms with Gasteiger partial charge in [-0.2, -0.15) is 5.10 Å². The van der Waals surface area contributed by atoms with E-state index in [4.69, 9.17) is 11.6 Å². The topological polar surface area (TPSA) is 30.7 Å². The van der Waals surface area contributed by atoms with Crippen molar-refractivity contribution in [1.29, 1.82) is 0 Å². The van der Waals surface area contributed by atoms with Crippen molar-refractivity contribution < 1.29 is 0 Å². The maximum Gasteiger partial charge on any atom is 0.181 e. The molecule has 0 amide bonds. The number of hydrogen-bond acceptors (Lipinski definition) is 2. The van der Waals surface area contributed by atoms with Crippen LogP contribution in [0, 0.1) is 10.5 Å². The van der Waals surface area contributed by atoms with Crippen molar-refractivity contribution >= 4 is 34.2 Å². The first-order chi connectivity index (χ1) is 10.1. The summed E-state index contributed by atoms with van der Waals surface area (Å²) in [6.45, 7) is 2.65. The summed E-state index contributed by atoms with van der Waals surface area (Å²) < 4.78 is 3.01. The van der Waals surface area contributed by atoms with Gasteiger partial charge in [-0.15, -0.1) is 0 Å². The molecule has 1 heterocycles. The summed E-state index contributed by atoms with van der Waals surface area (Å²) in [4.78, 5) is 4.37. The lowest BCUT2D eigenvalue weighted by molar-refractivity contribution is 0.687. The van der Waals surface area contributed by atoms with E-state index in [-0.39, 0.29) is 0 Å². The maximum absolute atomic E-state index is 6.26. The zero-order valence-electron chi connectivity index (χ0n) is 11.4. The molecular weight excluding hydrogens is 397 g/mol. The molecule has 21 heavy (non-hydrogen) atoms. The van der Waals surface area contributed by atoms with Crippen molar-refractivity contribution in [2.75, 3.05) is 0 Å². The summed E-state index contributed by atoms with van der Waals surface area (Å²) in [5.74, 6) is 0.731. The highest BCUT2D eigenvalue weighted by atomic mass is 127. The van der Waals surface area contributed by atoms with E-state index >= 15 is 0 Å². The summed E-state index contributed by atoms with van der Waals surface area (Å²) in [5.41, 5.74) is 3.22. The molecule has 0 bridgehead atoms. The Labute approximate surface area is 142 Å². The summed E-state index contributed by atoms with van der Waals surface area (Å²) in [6, 6.07) is 14.2. The minimum Gasteiger partial charge on any atom is -0.248 e. The average Bonchev–Trinajstić information content (AvgIpc) is 2.91. The lowest BCUT2D eigenvalue weighted by atomic mass is 10.1. The number of hydrogen-bond donors (Lipinski definition) is 0. The highest BCUT2D eigenvalue weighted by molar-refractivity contribution is 14.1. The molecule has 3 aromatic rings. The number of aryl methyl sites for hydroxylation is 1. The molecule has 3 nitrogen and oxygen atoms in total. The Morgan fingerprint density at radius 2 is 1.90 bits per heavy atom. The van der Waals surface area contributed by atoms with E-state index in [1.54, 1.807) is 6.33 Å². The average molecular weight is 410 g/mol. The summed E-state index contributed by atoms with van der Waals surface area (Å²) in [7, 11) is 0. The van der Waals surface area contributed by atoms with Crippen LogP contribution in [0.2, 0.25) is 5.02 Å². The zero-order valence-corrected chi connectivity index (χ0v) is 14.3. The van der Waals surface area contributed by atoms with Gasteiger partial charge in [-0.25, -0.2) is 9.67 Å². The van der Waals surface area contributed by atoms with Crippen LogP contribution in [0.4, 0.5) is 0 Å². The molecule has 0 aliphatic heterocycles. The quantitative estimate of drug-likeness (QED) is 0.594. The van der Waals surface area contributed by atoms with Crippen LogP contribution in [0.25, 0.3) is 11.4 Å². The van der Waals surface area contributed by atoms with Crippen molar-refractivity contribution in [2.24, 2.45) is 0 Å². The van der Waals surface area contributed by atoms with Crippen LogP contribution in [0.15, 0.2) is 48.8 Å². The van der Waals surface area contributed by atoms with Crippen molar-refractivity contribution in [2.45, 2.75) is 13.5 Å². The first-order valence-corrected chi connectivity index (χ1v) is 7.98. The van der Waals surface area contributed by atoms with Crippen molar-refractivity contribution in [3.05, 3.63) is 68.5 Å². The third kappa shape index (κ3) is 3.44. The minimum absolute atomic E-state index is 0.622. The molecule has 2 aromatic carbocycles. The Bertz CT molecular complexity index is 765. The van der Waals surface area contributed by atoms with Crippen LogP contribution < -0.4 is 0 Å². The first-order valence-electron chi connectivity index (χ1n) is 6.52. The number of nitrogens with zero attached hydrogens (tertiary/aromatic N) is 3. The number of halogens is 2. The second-order valence-corrected chi connectivity index (χ2v) is 6.52. The Balaban J connectivity index is 1.83. The third-order valence-electron chi connectivity index (χ3n) is 3.18. The Morgan fingerprint density at radius 1 is 1.14 bits per heavy atom. The van der Waals surface area contributed by atoms with Gasteiger partial charge in [0.1, 0.15) is 6.33 Å². The van der Waals surface area contributed by atoms with Gasteiger partial charge in [0.15, 0.2) is 5.82 Å². The molecule has 0 aliphatic rings. The molecule has 0 fully saturated rings. The molecule has 0 atom stereocenters. The zero-order chi connectivity index (χ0) is 14.8. The SMILES string of the molecule is Cc1ccc(Cn2cnc(-c3ccc(I)cc3)n2)c(Cl)c1. The second-order valence-electron chi connectivity index (χ2n) is 4.87. The van der Waals surface area contributed by atoms with Crippen LogP contribution >= 0.6 is 34.2 Å². The largest absolute Gasteiger partial charge is 0.248 e. The highest BCUT2D eigenvalue weighted by Gasteiger charge is 2.06. The van der Waals surface area contributed by atoms with E-state index in [1.165, 1.54) is 3.57 Å². The van der Waals surface area contributed by atoms with Crippen LogP contribution in [0.5, 0.6) is 0 Å². The number of aromatic nitrogens is 3. The van der Waals surface area contributed by atoms with Gasteiger partial charge >= 0.3 is 0 Å². The fourth-order valence-corrected chi connectivity index (χ4v) is 2.71. The Kier molecular flexibility index (Phi) is 4.26. The highest BCUT2D eigenvalue weighted by Crippen LogP contribution is 2.20. The van der Waals surface area contributed by atoms with Gasteiger partial charge in [0, 0.05) is 14.2 Å². The molecule has 0 saturated heterocycles. The van der Waals surface area contributed by atoms with Crippen molar-refractivity contribution in [3.63, 3.8) is 0 Å². The normalized spacial score (nSPS) is 10.8.